The second kappa shape index (κ2) is 6.74. The van der Waals surface area contributed by atoms with Crippen molar-refractivity contribution in [3.63, 3.8) is 0 Å². The van der Waals surface area contributed by atoms with Gasteiger partial charge in [0.2, 0.25) is 11.7 Å². The van der Waals surface area contributed by atoms with Gasteiger partial charge in [0, 0.05) is 25.1 Å². The SMILES string of the molecule is O=C(OCc1cc(-c2ccco2)on1)[C@@H]1CC(=O)N(C2CCCC2)C1. The van der Waals surface area contributed by atoms with Crippen LogP contribution in [0.25, 0.3) is 11.5 Å². The lowest BCUT2D eigenvalue weighted by Crippen LogP contribution is -2.35. The van der Waals surface area contributed by atoms with Gasteiger partial charge in [-0.2, -0.15) is 0 Å². The van der Waals surface area contributed by atoms with Gasteiger partial charge in [-0.05, 0) is 25.0 Å². The maximum absolute atomic E-state index is 12.3. The van der Waals surface area contributed by atoms with Crippen LogP contribution in [0.5, 0.6) is 0 Å². The third-order valence-corrected chi connectivity index (χ3v) is 4.94. The minimum Gasteiger partial charge on any atom is -0.461 e. The molecule has 1 aliphatic carbocycles. The Hall–Kier alpha value is -2.57. The first-order valence-corrected chi connectivity index (χ1v) is 8.66. The van der Waals surface area contributed by atoms with E-state index in [1.54, 1.807) is 24.5 Å². The van der Waals surface area contributed by atoms with Gasteiger partial charge >= 0.3 is 5.97 Å². The van der Waals surface area contributed by atoms with Crippen LogP contribution in [0.4, 0.5) is 0 Å². The molecule has 1 saturated carbocycles. The molecule has 132 valence electrons. The van der Waals surface area contributed by atoms with Crippen LogP contribution in [-0.2, 0) is 20.9 Å². The number of furan rings is 1. The van der Waals surface area contributed by atoms with Gasteiger partial charge in [0.05, 0.1) is 12.2 Å². The Bertz CT molecular complexity index is 745. The Balaban J connectivity index is 1.31. The molecule has 0 radical (unpaired) electrons. The molecule has 0 aromatic carbocycles. The highest BCUT2D eigenvalue weighted by molar-refractivity contribution is 5.87. The maximum atomic E-state index is 12.3. The van der Waals surface area contributed by atoms with Crippen LogP contribution in [0.15, 0.2) is 33.4 Å². The lowest BCUT2D eigenvalue weighted by Gasteiger charge is -2.23. The van der Waals surface area contributed by atoms with E-state index in [9.17, 15) is 9.59 Å². The third kappa shape index (κ3) is 3.31. The predicted octanol–water partition coefficient (Wildman–Crippen LogP) is 2.77. The molecule has 2 aliphatic rings. The molecule has 1 saturated heterocycles. The topological polar surface area (TPSA) is 85.8 Å². The quantitative estimate of drug-likeness (QED) is 0.775. The van der Waals surface area contributed by atoms with Gasteiger partial charge in [-0.3, -0.25) is 9.59 Å². The van der Waals surface area contributed by atoms with Crippen molar-refractivity contribution in [3.05, 3.63) is 30.2 Å². The maximum Gasteiger partial charge on any atom is 0.311 e. The Morgan fingerprint density at radius 1 is 1.32 bits per heavy atom. The molecule has 25 heavy (non-hydrogen) atoms. The van der Waals surface area contributed by atoms with Gasteiger partial charge in [-0.15, -0.1) is 0 Å². The number of ether oxygens (including phenoxy) is 1. The summed E-state index contributed by atoms with van der Waals surface area (Å²) < 4.78 is 15.7. The molecule has 7 heteroatoms. The van der Waals surface area contributed by atoms with Crippen molar-refractivity contribution in [2.24, 2.45) is 5.92 Å². The second-order valence-corrected chi connectivity index (χ2v) is 6.65. The third-order valence-electron chi connectivity index (χ3n) is 4.94. The van der Waals surface area contributed by atoms with Crippen molar-refractivity contribution in [2.75, 3.05) is 6.54 Å². The number of nitrogens with zero attached hydrogens (tertiary/aromatic N) is 2. The average Bonchev–Trinajstić information content (AvgIpc) is 3.38. The molecule has 1 atom stereocenters. The molecular formula is C18H20N2O5. The average molecular weight is 344 g/mol. The van der Waals surface area contributed by atoms with Crippen molar-refractivity contribution < 1.29 is 23.3 Å². The van der Waals surface area contributed by atoms with Gasteiger partial charge in [0.1, 0.15) is 12.3 Å². The number of hydrogen-bond donors (Lipinski definition) is 0. The Kier molecular flexibility index (Phi) is 4.29. The predicted molar refractivity (Wildman–Crippen MR) is 86.1 cm³/mol. The van der Waals surface area contributed by atoms with E-state index in [4.69, 9.17) is 13.7 Å². The summed E-state index contributed by atoms with van der Waals surface area (Å²) in [7, 11) is 0. The normalized spacial score (nSPS) is 21.2. The molecule has 0 bridgehead atoms. The summed E-state index contributed by atoms with van der Waals surface area (Å²) in [5.74, 6) is 0.384. The number of rotatable bonds is 5. The number of carbonyl (C=O) groups excluding carboxylic acids is 2. The molecule has 2 aromatic heterocycles. The lowest BCUT2D eigenvalue weighted by atomic mass is 10.1. The highest BCUT2D eigenvalue weighted by Gasteiger charge is 2.39. The Morgan fingerprint density at radius 2 is 2.16 bits per heavy atom. The van der Waals surface area contributed by atoms with E-state index >= 15 is 0 Å². The monoisotopic (exact) mass is 344 g/mol. The summed E-state index contributed by atoms with van der Waals surface area (Å²) in [6.45, 7) is 0.496. The van der Waals surface area contributed by atoms with Crippen LogP contribution < -0.4 is 0 Å². The molecule has 0 unspecified atom stereocenters. The summed E-state index contributed by atoms with van der Waals surface area (Å²) in [5, 5.41) is 3.87. The van der Waals surface area contributed by atoms with Gasteiger partial charge in [0.15, 0.2) is 5.76 Å². The fourth-order valence-electron chi connectivity index (χ4n) is 3.64. The van der Waals surface area contributed by atoms with Crippen LogP contribution in [-0.4, -0.2) is 34.5 Å². The van der Waals surface area contributed by atoms with E-state index in [0.29, 0.717) is 29.8 Å². The van der Waals surface area contributed by atoms with Crippen molar-refractivity contribution in [3.8, 4) is 11.5 Å². The lowest BCUT2D eigenvalue weighted by molar-refractivity contribution is -0.149. The highest BCUT2D eigenvalue weighted by atomic mass is 16.5. The molecule has 7 nitrogen and oxygen atoms in total. The zero-order chi connectivity index (χ0) is 17.2. The molecule has 0 spiro atoms. The van der Waals surface area contributed by atoms with Crippen molar-refractivity contribution in [2.45, 2.75) is 44.8 Å². The first kappa shape index (κ1) is 15.9. The number of esters is 1. The van der Waals surface area contributed by atoms with Crippen molar-refractivity contribution >= 4 is 11.9 Å². The van der Waals surface area contributed by atoms with Crippen LogP contribution in [0.3, 0.4) is 0 Å². The molecule has 2 aromatic rings. The molecule has 2 fully saturated rings. The molecule has 1 amide bonds. The van der Waals surface area contributed by atoms with Gasteiger partial charge in [0.25, 0.3) is 0 Å². The number of likely N-dealkylation sites (tertiary alicyclic amines) is 1. The van der Waals surface area contributed by atoms with Crippen LogP contribution in [0.2, 0.25) is 0 Å². The number of carbonyl (C=O) groups is 2. The fourth-order valence-corrected chi connectivity index (χ4v) is 3.64. The standard InChI is InChI=1S/C18H20N2O5/c21-17-8-12(10-20(17)14-4-1-2-5-14)18(22)24-11-13-9-16(25-19-13)15-6-3-7-23-15/h3,6-7,9,12,14H,1-2,4-5,8,10-11H2/t12-/m1/s1. The summed E-state index contributed by atoms with van der Waals surface area (Å²) in [5.41, 5.74) is 0.511. The zero-order valence-electron chi connectivity index (χ0n) is 13.8. The zero-order valence-corrected chi connectivity index (χ0v) is 13.8. The van der Waals surface area contributed by atoms with E-state index in [-0.39, 0.29) is 30.8 Å². The Morgan fingerprint density at radius 3 is 2.92 bits per heavy atom. The van der Waals surface area contributed by atoms with Crippen LogP contribution in [0.1, 0.15) is 37.8 Å². The minimum atomic E-state index is -0.385. The molecule has 4 rings (SSSR count). The van der Waals surface area contributed by atoms with Crippen LogP contribution in [0, 0.1) is 5.92 Å². The van der Waals surface area contributed by atoms with E-state index in [2.05, 4.69) is 5.16 Å². The van der Waals surface area contributed by atoms with E-state index < -0.39 is 0 Å². The second-order valence-electron chi connectivity index (χ2n) is 6.65. The van der Waals surface area contributed by atoms with Gasteiger partial charge in [-0.25, -0.2) is 0 Å². The first-order valence-electron chi connectivity index (χ1n) is 8.66. The summed E-state index contributed by atoms with van der Waals surface area (Å²) in [6.07, 6.45) is 6.20. The minimum absolute atomic E-state index is 0.0250. The van der Waals surface area contributed by atoms with E-state index in [1.165, 1.54) is 0 Å². The first-order chi connectivity index (χ1) is 12.2. The van der Waals surface area contributed by atoms with Gasteiger partial charge in [-0.1, -0.05) is 18.0 Å². The molecular weight excluding hydrogens is 324 g/mol. The molecule has 0 N–H and O–H groups in total. The molecule has 3 heterocycles. The van der Waals surface area contributed by atoms with Crippen molar-refractivity contribution in [1.29, 1.82) is 0 Å². The van der Waals surface area contributed by atoms with Gasteiger partial charge < -0.3 is 18.6 Å². The number of hydrogen-bond acceptors (Lipinski definition) is 6. The van der Waals surface area contributed by atoms with E-state index in [1.807, 2.05) is 4.90 Å². The van der Waals surface area contributed by atoms with Crippen molar-refractivity contribution in [1.82, 2.24) is 10.1 Å². The largest absolute Gasteiger partial charge is 0.461 e. The smallest absolute Gasteiger partial charge is 0.311 e. The van der Waals surface area contributed by atoms with E-state index in [0.717, 1.165) is 25.7 Å². The summed E-state index contributed by atoms with van der Waals surface area (Å²) in [6, 6.07) is 5.50. The Labute approximate surface area is 144 Å². The highest BCUT2D eigenvalue weighted by Crippen LogP contribution is 2.30. The fraction of sp³-hybridized carbons (Fsp3) is 0.500. The number of aromatic nitrogens is 1. The molecule has 1 aliphatic heterocycles. The van der Waals surface area contributed by atoms with Crippen LogP contribution >= 0.6 is 0 Å². The number of amides is 1. The summed E-state index contributed by atoms with van der Waals surface area (Å²) >= 11 is 0. The summed E-state index contributed by atoms with van der Waals surface area (Å²) in [4.78, 5) is 26.3.